The minimum atomic E-state index is -0.0447. The highest BCUT2D eigenvalue weighted by Crippen LogP contribution is 2.35. The first kappa shape index (κ1) is 23.3. The Morgan fingerprint density at radius 3 is 1.49 bits per heavy atom. The fourth-order valence-electron chi connectivity index (χ4n) is 5.05. The van der Waals surface area contributed by atoms with Crippen molar-refractivity contribution in [2.75, 3.05) is 7.11 Å². The van der Waals surface area contributed by atoms with Gasteiger partial charge in [0, 0.05) is 34.7 Å². The van der Waals surface area contributed by atoms with E-state index in [9.17, 15) is 0 Å². The van der Waals surface area contributed by atoms with Gasteiger partial charge in [0.1, 0.15) is 0 Å². The summed E-state index contributed by atoms with van der Waals surface area (Å²) in [5.74, 6) is 0. The number of aromatic nitrogens is 4. The number of rotatable bonds is 2. The minimum Gasteiger partial charge on any atom is -0.377 e. The van der Waals surface area contributed by atoms with E-state index < -0.39 is 0 Å². The van der Waals surface area contributed by atoms with E-state index in [2.05, 4.69) is 89.6 Å². The first-order valence-electron chi connectivity index (χ1n) is 12.2. The van der Waals surface area contributed by atoms with E-state index in [4.69, 9.17) is 14.7 Å². The van der Waals surface area contributed by atoms with Crippen LogP contribution in [-0.2, 0) is 4.74 Å². The normalized spacial score (nSPS) is 14.8. The third-order valence-corrected chi connectivity index (χ3v) is 8.04. The molecule has 1 unspecified atom stereocenters. The highest BCUT2D eigenvalue weighted by molar-refractivity contribution is 5.94. The van der Waals surface area contributed by atoms with E-state index in [0.717, 1.165) is 50.4 Å². The van der Waals surface area contributed by atoms with Gasteiger partial charge in [-0.1, -0.05) is 0 Å². The van der Waals surface area contributed by atoms with Gasteiger partial charge in [-0.25, -0.2) is 9.97 Å². The van der Waals surface area contributed by atoms with Gasteiger partial charge in [0.25, 0.3) is 0 Å². The number of methoxy groups -OCH3 is 1. The van der Waals surface area contributed by atoms with Crippen molar-refractivity contribution < 1.29 is 4.74 Å². The van der Waals surface area contributed by atoms with Crippen LogP contribution in [0, 0.1) is 20.8 Å². The number of nitrogens with zero attached hydrogens (tertiary/aromatic N) is 2. The summed E-state index contributed by atoms with van der Waals surface area (Å²) in [6.07, 6.45) is -0.0447. The van der Waals surface area contributed by atoms with Crippen LogP contribution < -0.4 is 0 Å². The van der Waals surface area contributed by atoms with E-state index in [0.29, 0.717) is 0 Å². The lowest BCUT2D eigenvalue weighted by Crippen LogP contribution is -1.96. The van der Waals surface area contributed by atoms with Crippen molar-refractivity contribution in [2.24, 2.45) is 0 Å². The van der Waals surface area contributed by atoms with Crippen LogP contribution in [0.5, 0.6) is 0 Å². The van der Waals surface area contributed by atoms with Crippen molar-refractivity contribution in [1.82, 2.24) is 19.9 Å². The molecular weight excluding hydrogens is 432 g/mol. The number of H-pyrrole nitrogens is 2. The van der Waals surface area contributed by atoms with Crippen molar-refractivity contribution >= 4 is 44.4 Å². The lowest BCUT2D eigenvalue weighted by molar-refractivity contribution is 0.120. The second-order valence-corrected chi connectivity index (χ2v) is 9.91. The Hall–Kier alpha value is -3.44. The monoisotopic (exact) mass is 466 g/mol. The van der Waals surface area contributed by atoms with Gasteiger partial charge >= 0.3 is 0 Å². The Kier molecular flexibility index (Phi) is 5.56. The van der Waals surface area contributed by atoms with Crippen molar-refractivity contribution in [2.45, 2.75) is 61.5 Å². The quantitative estimate of drug-likeness (QED) is 0.404. The molecule has 2 N–H and O–H groups in total. The molecule has 0 saturated carbocycles. The highest BCUT2D eigenvalue weighted by Gasteiger charge is 2.19. The smallest absolute Gasteiger partial charge is 0.0816 e. The number of fused-ring (bicyclic) bond motifs is 8. The standard InChI is InChI=1S/C30H34N4O/c1-14-15(2)23-11-25-18(5)19(6)27(33-25)13-29-30(21(8)35-9)20(7)28(34-29)12-26-17(4)16(3)24(32-26)10-22(14)31-23/h10-13,21,32,34H,1-9H3. The first-order chi connectivity index (χ1) is 16.6. The second kappa shape index (κ2) is 8.35. The third-order valence-electron chi connectivity index (χ3n) is 8.04. The molecule has 2 aliphatic heterocycles. The predicted molar refractivity (Wildman–Crippen MR) is 147 cm³/mol. The molecule has 8 bridgehead atoms. The van der Waals surface area contributed by atoms with Crippen molar-refractivity contribution in [3.8, 4) is 0 Å². The summed E-state index contributed by atoms with van der Waals surface area (Å²) < 4.78 is 5.77. The summed E-state index contributed by atoms with van der Waals surface area (Å²) in [7, 11) is 1.76. The third kappa shape index (κ3) is 3.66. The molecule has 1 atom stereocenters. The minimum absolute atomic E-state index is 0.0447. The maximum Gasteiger partial charge on any atom is 0.0816 e. The van der Waals surface area contributed by atoms with Crippen molar-refractivity contribution in [3.05, 3.63) is 69.3 Å². The van der Waals surface area contributed by atoms with Gasteiger partial charge in [0.2, 0.25) is 0 Å². The Balaban J connectivity index is 1.99. The zero-order valence-electron chi connectivity index (χ0n) is 22.2. The molecule has 0 aliphatic carbocycles. The van der Waals surface area contributed by atoms with Crippen LogP contribution in [0.1, 0.15) is 85.8 Å². The number of hydrogen-bond acceptors (Lipinski definition) is 3. The Morgan fingerprint density at radius 1 is 0.571 bits per heavy atom. The molecule has 5 nitrogen and oxygen atoms in total. The molecule has 0 spiro atoms. The fourth-order valence-corrected chi connectivity index (χ4v) is 5.05. The first-order valence-corrected chi connectivity index (χ1v) is 12.2. The molecular formula is C30H34N4O. The summed E-state index contributed by atoms with van der Waals surface area (Å²) in [6, 6.07) is 8.67. The topological polar surface area (TPSA) is 66.6 Å². The Bertz CT molecular complexity index is 1610. The molecule has 35 heavy (non-hydrogen) atoms. The number of hydrogen-bond donors (Lipinski definition) is 2. The molecule has 0 radical (unpaired) electrons. The van der Waals surface area contributed by atoms with E-state index in [-0.39, 0.29) is 6.10 Å². The summed E-state index contributed by atoms with van der Waals surface area (Å²) in [5, 5.41) is 0. The molecule has 3 aromatic heterocycles. The fraction of sp³-hybridized carbons (Fsp3) is 0.333. The van der Waals surface area contributed by atoms with Crippen LogP contribution in [0.15, 0.2) is 24.3 Å². The summed E-state index contributed by atoms with van der Waals surface area (Å²) >= 11 is 0. The van der Waals surface area contributed by atoms with E-state index in [1.165, 1.54) is 39.0 Å². The van der Waals surface area contributed by atoms with Crippen molar-refractivity contribution in [1.29, 1.82) is 0 Å². The van der Waals surface area contributed by atoms with Crippen LogP contribution >= 0.6 is 0 Å². The highest BCUT2D eigenvalue weighted by atomic mass is 16.5. The molecule has 0 saturated heterocycles. The predicted octanol–water partition coefficient (Wildman–Crippen LogP) is 7.85. The van der Waals surface area contributed by atoms with Crippen molar-refractivity contribution in [3.63, 3.8) is 0 Å². The van der Waals surface area contributed by atoms with Crippen LogP contribution in [0.2, 0.25) is 0 Å². The zero-order valence-corrected chi connectivity index (χ0v) is 22.2. The van der Waals surface area contributed by atoms with Gasteiger partial charge in [0.05, 0.1) is 28.9 Å². The average molecular weight is 467 g/mol. The molecule has 5 rings (SSSR count). The summed E-state index contributed by atoms with van der Waals surface area (Å²) in [5.41, 5.74) is 17.8. The molecule has 2 aliphatic rings. The largest absolute Gasteiger partial charge is 0.377 e. The number of aromatic amines is 2. The Labute approximate surface area is 207 Å². The molecule has 0 amide bonds. The second-order valence-electron chi connectivity index (χ2n) is 9.91. The van der Waals surface area contributed by atoms with Gasteiger partial charge in [-0.2, -0.15) is 0 Å². The molecule has 0 fully saturated rings. The lowest BCUT2D eigenvalue weighted by Gasteiger charge is -2.09. The molecule has 0 aromatic carbocycles. The average Bonchev–Trinajstić information content (AvgIpc) is 3.46. The van der Waals surface area contributed by atoms with Crippen LogP contribution in [0.3, 0.4) is 0 Å². The SMILES string of the molecule is COC(C)c1c(C)c2cc3[nH]c(cc4nc(cc5nc(cc1[nH]2)C(C)=C5C)C(C)=C4C)c(C)c3C. The Morgan fingerprint density at radius 2 is 0.971 bits per heavy atom. The molecule has 5 heteroatoms. The van der Waals surface area contributed by atoms with Gasteiger partial charge in [-0.05, 0) is 119 Å². The van der Waals surface area contributed by atoms with E-state index in [1.807, 2.05) is 0 Å². The summed E-state index contributed by atoms with van der Waals surface area (Å²) in [4.78, 5) is 17.4. The van der Waals surface area contributed by atoms with Crippen LogP contribution in [-0.4, -0.2) is 27.0 Å². The molecule has 180 valence electrons. The van der Waals surface area contributed by atoms with Gasteiger partial charge in [-0.3, -0.25) is 0 Å². The number of ether oxygens (including phenoxy) is 1. The van der Waals surface area contributed by atoms with E-state index >= 15 is 0 Å². The zero-order chi connectivity index (χ0) is 25.2. The molecule has 5 heterocycles. The number of nitrogens with one attached hydrogen (secondary N) is 2. The summed E-state index contributed by atoms with van der Waals surface area (Å²) in [6.45, 7) is 17.2. The maximum atomic E-state index is 5.77. The van der Waals surface area contributed by atoms with Gasteiger partial charge < -0.3 is 14.7 Å². The van der Waals surface area contributed by atoms with Crippen LogP contribution in [0.4, 0.5) is 0 Å². The molecule has 3 aromatic rings. The number of aryl methyl sites for hydroxylation is 3. The van der Waals surface area contributed by atoms with Gasteiger partial charge in [0.15, 0.2) is 0 Å². The van der Waals surface area contributed by atoms with Crippen LogP contribution in [0.25, 0.3) is 44.4 Å². The number of allylic oxidation sites excluding steroid dienone is 4. The van der Waals surface area contributed by atoms with E-state index in [1.54, 1.807) is 7.11 Å². The maximum absolute atomic E-state index is 5.77. The lowest BCUT2D eigenvalue weighted by atomic mass is 10.0. The van der Waals surface area contributed by atoms with Gasteiger partial charge in [-0.15, -0.1) is 0 Å².